The van der Waals surface area contributed by atoms with Crippen molar-refractivity contribution in [2.75, 3.05) is 12.3 Å². The van der Waals surface area contributed by atoms with E-state index in [0.717, 1.165) is 0 Å². The van der Waals surface area contributed by atoms with Crippen LogP contribution in [0.1, 0.15) is 0 Å². The second kappa shape index (κ2) is 29.7. The van der Waals surface area contributed by atoms with E-state index < -0.39 is 39.5 Å². The van der Waals surface area contributed by atoms with Gasteiger partial charge in [-0.15, -0.1) is 10.2 Å². The molecule has 0 spiro atoms. The van der Waals surface area contributed by atoms with Crippen molar-refractivity contribution in [1.82, 2.24) is 0 Å². The van der Waals surface area contributed by atoms with Crippen LogP contribution in [0, 0.1) is 10.2 Å². The van der Waals surface area contributed by atoms with E-state index in [9.17, 15) is 0 Å². The van der Waals surface area contributed by atoms with Crippen LogP contribution in [0.25, 0.3) is 0 Å². The first-order valence-corrected chi connectivity index (χ1v) is 35.1. The number of benzene rings is 8. The van der Waals surface area contributed by atoms with Gasteiger partial charge in [-0.3, -0.25) is 0 Å². The molecule has 330 valence electrons. The molecule has 4 nitrogen and oxygen atoms in total. The first-order valence-electron chi connectivity index (χ1n) is 20.2. The minimum atomic E-state index is -4.94. The molecule has 64 heavy (non-hydrogen) atoms. The average Bonchev–Trinajstić information content (AvgIpc) is 3.34. The number of hydrogen-bond acceptors (Lipinski definition) is 4. The molecule has 0 aromatic heterocycles. The third kappa shape index (κ3) is 18.8. The SMILES string of the molecule is [Cl][Rh+][Cl].[O-][Cl+3]([O-])([O-])[O-].c1ccc(P(CC[As](c2ccccc2)c2ccccc2)c2ccccc2)cc1.c1ccc(P(CC[As](c2ccccc2)c2ccccc2)c2ccccc2)cc1. The molecule has 8 aromatic rings. The summed E-state index contributed by atoms with van der Waals surface area (Å²) < 4.78 is 40.2. The molecular weight excluding hydrogens is 1110 g/mol. The molecule has 0 radical (unpaired) electrons. The third-order valence-electron chi connectivity index (χ3n) is 9.64. The molecule has 0 saturated heterocycles. The van der Waals surface area contributed by atoms with Gasteiger partial charge in [0.1, 0.15) is 0 Å². The van der Waals surface area contributed by atoms with E-state index in [2.05, 4.69) is 243 Å². The predicted octanol–water partition coefficient (Wildman–Crippen LogP) is 5.48. The van der Waals surface area contributed by atoms with Gasteiger partial charge in [-0.1, -0.05) is 0 Å². The first kappa shape index (κ1) is 52.0. The molecule has 0 N–H and O–H groups in total. The zero-order valence-electron chi connectivity index (χ0n) is 34.8. The summed E-state index contributed by atoms with van der Waals surface area (Å²) in [6, 6.07) is 89.1. The predicted molar refractivity (Wildman–Crippen MR) is 265 cm³/mol. The monoisotopic (exact) mass is 1160 g/mol. The molecule has 0 atom stereocenters. The first-order chi connectivity index (χ1) is 31.2. The summed E-state index contributed by atoms with van der Waals surface area (Å²) in [5.74, 6) is 0. The van der Waals surface area contributed by atoms with Gasteiger partial charge in [-0.2, -0.15) is 0 Å². The molecule has 0 saturated carbocycles. The van der Waals surface area contributed by atoms with Gasteiger partial charge in [0.05, 0.1) is 0 Å². The van der Waals surface area contributed by atoms with Gasteiger partial charge in [-0.25, -0.2) is 18.6 Å². The van der Waals surface area contributed by atoms with Crippen molar-refractivity contribution in [2.45, 2.75) is 10.4 Å². The average molecular weight is 1160 g/mol. The van der Waals surface area contributed by atoms with Crippen molar-refractivity contribution in [1.29, 1.82) is 0 Å². The summed E-state index contributed by atoms with van der Waals surface area (Å²) in [6.07, 6.45) is 2.49. The standard InChI is InChI=1S/2C26H24AsP.ClHO4.2ClH.Rh/c2*1-5-13-23(14-6-1)27(24-15-7-2-8-16-24)21-22-28(25-17-9-3-10-18-25)26-19-11-4-12-20-26;2-1(3,4)5;;;/h2*1-20H,21-22H2;(H,2,3,4,5);2*1H;/q;;;;;+3/p-3. The third-order valence-corrected chi connectivity index (χ3v) is 26.7. The number of rotatable bonds is 14. The normalized spacial score (nSPS) is 11.0. The summed E-state index contributed by atoms with van der Waals surface area (Å²) in [5, 5.41) is 8.52. The molecule has 0 heterocycles. The summed E-state index contributed by atoms with van der Waals surface area (Å²) >= 11 is -2.87. The maximum atomic E-state index is 8.49. The molecule has 0 aliphatic carbocycles. The topological polar surface area (TPSA) is 92.2 Å². The van der Waals surface area contributed by atoms with E-state index in [1.54, 1.807) is 17.4 Å². The van der Waals surface area contributed by atoms with E-state index in [1.165, 1.54) is 44.0 Å². The van der Waals surface area contributed by atoms with Crippen LogP contribution in [0.2, 0.25) is 10.4 Å². The molecule has 0 aliphatic heterocycles. The molecule has 0 fully saturated rings. The molecule has 0 bridgehead atoms. The van der Waals surface area contributed by atoms with E-state index >= 15 is 0 Å². The van der Waals surface area contributed by atoms with Crippen LogP contribution in [0.4, 0.5) is 0 Å². The van der Waals surface area contributed by atoms with Crippen LogP contribution in [-0.2, 0) is 15.1 Å². The van der Waals surface area contributed by atoms with E-state index in [4.69, 9.17) is 38.0 Å². The van der Waals surface area contributed by atoms with E-state index in [-0.39, 0.29) is 31.0 Å². The van der Waals surface area contributed by atoms with Gasteiger partial charge in [0.25, 0.3) is 0 Å². The molecule has 0 amide bonds. The van der Waals surface area contributed by atoms with Gasteiger partial charge in [0, 0.05) is 0 Å². The Morgan fingerprint density at radius 2 is 0.484 bits per heavy atom. The van der Waals surface area contributed by atoms with Crippen molar-refractivity contribution < 1.29 is 44.0 Å². The molecule has 8 rings (SSSR count). The van der Waals surface area contributed by atoms with E-state index in [0.29, 0.717) is 0 Å². The van der Waals surface area contributed by atoms with Crippen LogP contribution in [0.5, 0.6) is 0 Å². The van der Waals surface area contributed by atoms with Crippen molar-refractivity contribution >= 4 is 103 Å². The zero-order valence-corrected chi connectivity index (χ0v) is 44.3. The van der Waals surface area contributed by atoms with Crippen molar-refractivity contribution in [3.63, 3.8) is 0 Å². The van der Waals surface area contributed by atoms with Gasteiger partial charge in [-0.05, 0) is 0 Å². The Labute approximate surface area is 408 Å². The van der Waals surface area contributed by atoms with Crippen LogP contribution in [0.15, 0.2) is 243 Å². The second-order valence-corrected chi connectivity index (χ2v) is 31.4. The molecule has 8 aromatic carbocycles. The van der Waals surface area contributed by atoms with Gasteiger partial charge in [0.2, 0.25) is 0 Å². The van der Waals surface area contributed by atoms with Crippen molar-refractivity contribution in [3.8, 4) is 0 Å². The molecular formula is C52H48As2Cl3O4P2Rh. The van der Waals surface area contributed by atoms with Gasteiger partial charge in [0.15, 0.2) is 0 Å². The Hall–Kier alpha value is -2.93. The quantitative estimate of drug-likeness (QED) is 0.107. The maximum absolute atomic E-state index is 8.49. The molecule has 12 heteroatoms. The van der Waals surface area contributed by atoms with Crippen LogP contribution >= 0.6 is 35.2 Å². The van der Waals surface area contributed by atoms with Crippen LogP contribution in [0.3, 0.4) is 0 Å². The number of hydrogen-bond donors (Lipinski definition) is 0. The van der Waals surface area contributed by atoms with Crippen molar-refractivity contribution in [2.24, 2.45) is 0 Å². The molecule has 0 unspecified atom stereocenters. The fourth-order valence-corrected chi connectivity index (χ4v) is 24.4. The molecule has 0 aliphatic rings. The summed E-state index contributed by atoms with van der Waals surface area (Å²) in [7, 11) is 4.07. The van der Waals surface area contributed by atoms with E-state index in [1.807, 2.05) is 0 Å². The van der Waals surface area contributed by atoms with Crippen LogP contribution in [-0.4, -0.2) is 41.6 Å². The Morgan fingerprint density at radius 1 is 0.328 bits per heavy atom. The fraction of sp³-hybridized carbons (Fsp3) is 0.0769. The summed E-state index contributed by atoms with van der Waals surface area (Å²) in [4.78, 5) is 0. The minimum absolute atomic E-state index is 0.226. The van der Waals surface area contributed by atoms with Gasteiger partial charge >= 0.3 is 384 Å². The Bertz CT molecular complexity index is 1910. The van der Waals surface area contributed by atoms with Crippen molar-refractivity contribution in [3.05, 3.63) is 243 Å². The summed E-state index contributed by atoms with van der Waals surface area (Å²) in [5.41, 5.74) is 0. The fourth-order valence-electron chi connectivity index (χ4n) is 6.89. The zero-order chi connectivity index (χ0) is 45.2. The Morgan fingerprint density at radius 3 is 0.656 bits per heavy atom. The Balaban J connectivity index is 0.000000207. The number of halogens is 3. The summed E-state index contributed by atoms with van der Waals surface area (Å²) in [6.45, 7) is 0. The van der Waals surface area contributed by atoms with Crippen LogP contribution < -0.4 is 57.3 Å². The Kier molecular flexibility index (Phi) is 24.1. The second-order valence-electron chi connectivity index (χ2n) is 13.7. The van der Waals surface area contributed by atoms with Gasteiger partial charge < -0.3 is 0 Å².